The molecule has 0 saturated heterocycles. The fourth-order valence-corrected chi connectivity index (χ4v) is 4.81. The van der Waals surface area contributed by atoms with Gasteiger partial charge in [0.2, 0.25) is 0 Å². The number of ether oxygens (including phenoxy) is 2. The summed E-state index contributed by atoms with van der Waals surface area (Å²) in [6, 6.07) is 20.4. The number of benzene rings is 3. The topological polar surface area (TPSA) is 52.6 Å². The zero-order valence-electron chi connectivity index (χ0n) is 16.2. The molecule has 2 unspecified atom stereocenters. The second-order valence-electron chi connectivity index (χ2n) is 7.70. The fourth-order valence-electron chi connectivity index (χ4n) is 4.81. The van der Waals surface area contributed by atoms with E-state index >= 15 is 0 Å². The summed E-state index contributed by atoms with van der Waals surface area (Å²) in [6.45, 7) is 0. The molecule has 0 aromatic heterocycles. The Morgan fingerprint density at radius 1 is 0.774 bits per heavy atom. The number of carbonyl (C=O) groups is 2. The monoisotopic (exact) mass is 410 g/mol. The van der Waals surface area contributed by atoms with E-state index in [1.807, 2.05) is 18.2 Å². The number of para-hydroxylation sites is 1. The lowest BCUT2D eigenvalue weighted by Gasteiger charge is -2.43. The van der Waals surface area contributed by atoms with Crippen LogP contribution in [0.4, 0.5) is 4.39 Å². The lowest BCUT2D eigenvalue weighted by molar-refractivity contribution is -0.124. The van der Waals surface area contributed by atoms with E-state index in [1.54, 1.807) is 60.7 Å². The summed E-state index contributed by atoms with van der Waals surface area (Å²) >= 11 is 0. The molecule has 3 aliphatic rings. The summed E-state index contributed by atoms with van der Waals surface area (Å²) in [6.07, 6.45) is 3.23. The molecule has 0 saturated carbocycles. The predicted molar refractivity (Wildman–Crippen MR) is 111 cm³/mol. The molecule has 1 spiro atoms. The number of rotatable bonds is 1. The minimum Gasteiger partial charge on any atom is -0.460 e. The summed E-state index contributed by atoms with van der Waals surface area (Å²) < 4.78 is 26.7. The van der Waals surface area contributed by atoms with Crippen molar-refractivity contribution in [2.45, 2.75) is 5.60 Å². The molecule has 0 fully saturated rings. The molecule has 31 heavy (non-hydrogen) atoms. The molecule has 2 heterocycles. The van der Waals surface area contributed by atoms with E-state index in [0.29, 0.717) is 28.2 Å². The fraction of sp³-hybridized carbons (Fsp3) is 0.0769. The zero-order valence-corrected chi connectivity index (χ0v) is 16.2. The van der Waals surface area contributed by atoms with E-state index in [9.17, 15) is 14.0 Å². The number of fused-ring (bicyclic) bond motifs is 6. The maximum absolute atomic E-state index is 14.5. The molecule has 150 valence electrons. The molecule has 4 nitrogen and oxygen atoms in total. The van der Waals surface area contributed by atoms with E-state index in [2.05, 4.69) is 0 Å². The van der Waals surface area contributed by atoms with Gasteiger partial charge in [0.1, 0.15) is 23.2 Å². The molecule has 1 aliphatic carbocycles. The minimum absolute atomic E-state index is 0.203. The Kier molecular flexibility index (Phi) is 3.60. The molecule has 0 bridgehead atoms. The van der Waals surface area contributed by atoms with Crippen LogP contribution in [0.2, 0.25) is 0 Å². The third-order valence-electron chi connectivity index (χ3n) is 6.11. The van der Waals surface area contributed by atoms with Gasteiger partial charge >= 0.3 is 5.97 Å². The van der Waals surface area contributed by atoms with Crippen molar-refractivity contribution in [1.82, 2.24) is 0 Å². The first-order valence-electron chi connectivity index (χ1n) is 9.92. The van der Waals surface area contributed by atoms with Gasteiger partial charge < -0.3 is 9.47 Å². The van der Waals surface area contributed by atoms with Crippen LogP contribution in [0.25, 0.3) is 5.57 Å². The van der Waals surface area contributed by atoms with Gasteiger partial charge in [0.15, 0.2) is 11.4 Å². The first-order valence-corrected chi connectivity index (χ1v) is 9.92. The number of hydrogen-bond acceptors (Lipinski definition) is 4. The third kappa shape index (κ3) is 2.28. The quantitative estimate of drug-likeness (QED) is 0.541. The highest BCUT2D eigenvalue weighted by Crippen LogP contribution is 2.57. The van der Waals surface area contributed by atoms with E-state index in [4.69, 9.17) is 9.47 Å². The highest BCUT2D eigenvalue weighted by atomic mass is 19.1. The van der Waals surface area contributed by atoms with Crippen LogP contribution in [0.5, 0.6) is 5.75 Å². The Balaban J connectivity index is 1.63. The number of esters is 1. The average molecular weight is 410 g/mol. The SMILES string of the molecule is O=C1OC2(c3ccccc3OC3=CC=C(c4ccccc4F)C(=O)C32)c2ccccc21. The summed E-state index contributed by atoms with van der Waals surface area (Å²) in [5.74, 6) is -1.43. The molecular formula is C26H15FO4. The molecule has 6 rings (SSSR count). The van der Waals surface area contributed by atoms with E-state index in [-0.39, 0.29) is 16.9 Å². The van der Waals surface area contributed by atoms with E-state index in [0.717, 1.165) is 0 Å². The molecule has 3 aromatic carbocycles. The second kappa shape index (κ2) is 6.25. The van der Waals surface area contributed by atoms with Gasteiger partial charge in [-0.2, -0.15) is 0 Å². The van der Waals surface area contributed by atoms with Gasteiger partial charge in [-0.15, -0.1) is 0 Å². The molecule has 5 heteroatoms. The molecular weight excluding hydrogens is 395 g/mol. The van der Waals surface area contributed by atoms with Gasteiger partial charge in [-0.25, -0.2) is 9.18 Å². The van der Waals surface area contributed by atoms with Gasteiger partial charge in [0.25, 0.3) is 0 Å². The molecule has 3 aromatic rings. The highest BCUT2D eigenvalue weighted by molar-refractivity contribution is 6.24. The van der Waals surface area contributed by atoms with Crippen molar-refractivity contribution in [3.8, 4) is 5.75 Å². The smallest absolute Gasteiger partial charge is 0.339 e. The summed E-state index contributed by atoms with van der Waals surface area (Å²) in [7, 11) is 0. The number of allylic oxidation sites excluding steroid dienone is 3. The highest BCUT2D eigenvalue weighted by Gasteiger charge is 2.61. The maximum atomic E-state index is 14.5. The lowest BCUT2D eigenvalue weighted by Crippen LogP contribution is -2.47. The Labute approximate surface area is 177 Å². The van der Waals surface area contributed by atoms with Crippen LogP contribution >= 0.6 is 0 Å². The van der Waals surface area contributed by atoms with Crippen LogP contribution in [-0.4, -0.2) is 11.8 Å². The van der Waals surface area contributed by atoms with E-state index in [1.165, 1.54) is 6.07 Å². The number of hydrogen-bond donors (Lipinski definition) is 0. The van der Waals surface area contributed by atoms with E-state index < -0.39 is 23.3 Å². The van der Waals surface area contributed by atoms with Crippen molar-refractivity contribution in [1.29, 1.82) is 0 Å². The Morgan fingerprint density at radius 3 is 2.26 bits per heavy atom. The van der Waals surface area contributed by atoms with Crippen molar-refractivity contribution in [2.75, 3.05) is 0 Å². The zero-order chi connectivity index (χ0) is 21.2. The van der Waals surface area contributed by atoms with Crippen molar-refractivity contribution in [2.24, 2.45) is 5.92 Å². The lowest BCUT2D eigenvalue weighted by atomic mass is 9.68. The van der Waals surface area contributed by atoms with Crippen molar-refractivity contribution >= 4 is 17.3 Å². The Hall–Kier alpha value is -3.99. The molecule has 0 N–H and O–H groups in total. The standard InChI is InChI=1S/C26H15FO4/c27-20-11-5-2-7-15(20)16-13-14-22-23(24(16)28)26(19-10-4-6-12-21(19)30-22)18-9-3-1-8-17(18)25(29)31-26/h1-14,23H. The van der Waals surface area contributed by atoms with Crippen molar-refractivity contribution < 1.29 is 23.5 Å². The number of halogens is 1. The Morgan fingerprint density at radius 2 is 1.45 bits per heavy atom. The van der Waals surface area contributed by atoms with Crippen molar-refractivity contribution in [3.05, 3.63) is 119 Å². The van der Waals surface area contributed by atoms with Crippen LogP contribution in [0, 0.1) is 11.7 Å². The van der Waals surface area contributed by atoms with Gasteiger partial charge in [0, 0.05) is 22.3 Å². The number of Topliss-reactive ketones (excluding diaryl/α,β-unsaturated/α-hetero) is 1. The summed E-state index contributed by atoms with van der Waals surface area (Å²) in [5.41, 5.74) is 0.654. The van der Waals surface area contributed by atoms with Gasteiger partial charge in [-0.1, -0.05) is 54.6 Å². The predicted octanol–water partition coefficient (Wildman–Crippen LogP) is 4.80. The van der Waals surface area contributed by atoms with Gasteiger partial charge in [-0.05, 0) is 30.4 Å². The van der Waals surface area contributed by atoms with Gasteiger partial charge in [-0.3, -0.25) is 4.79 Å². The van der Waals surface area contributed by atoms with Gasteiger partial charge in [0.05, 0.1) is 5.56 Å². The Bertz CT molecular complexity index is 1350. The normalized spacial score (nSPS) is 23.2. The van der Waals surface area contributed by atoms with Crippen LogP contribution < -0.4 is 4.74 Å². The average Bonchev–Trinajstić information content (AvgIpc) is 3.08. The molecule has 0 amide bonds. The second-order valence-corrected chi connectivity index (χ2v) is 7.70. The molecule has 2 aliphatic heterocycles. The summed E-state index contributed by atoms with van der Waals surface area (Å²) in [5, 5.41) is 0. The van der Waals surface area contributed by atoms with Crippen LogP contribution in [-0.2, 0) is 15.1 Å². The minimum atomic E-state index is -1.38. The molecule has 2 atom stereocenters. The first-order chi connectivity index (χ1) is 15.1. The molecule has 0 radical (unpaired) electrons. The largest absolute Gasteiger partial charge is 0.460 e. The van der Waals surface area contributed by atoms with Crippen LogP contribution in [0.1, 0.15) is 27.0 Å². The first kappa shape index (κ1) is 17.8. The third-order valence-corrected chi connectivity index (χ3v) is 6.11. The number of ketones is 1. The summed E-state index contributed by atoms with van der Waals surface area (Å²) in [4.78, 5) is 26.7. The number of carbonyl (C=O) groups excluding carboxylic acids is 2. The van der Waals surface area contributed by atoms with Crippen LogP contribution in [0.3, 0.4) is 0 Å². The van der Waals surface area contributed by atoms with Crippen LogP contribution in [0.15, 0.2) is 90.7 Å². The maximum Gasteiger partial charge on any atom is 0.339 e. The van der Waals surface area contributed by atoms with Crippen molar-refractivity contribution in [3.63, 3.8) is 0 Å².